The van der Waals surface area contributed by atoms with Crippen LogP contribution in [0.25, 0.3) is 5.57 Å². The summed E-state index contributed by atoms with van der Waals surface area (Å²) in [6.07, 6.45) is 5.35. The lowest BCUT2D eigenvalue weighted by Gasteiger charge is -2.26. The van der Waals surface area contributed by atoms with Crippen LogP contribution in [0.4, 0.5) is 0 Å². The fourth-order valence-electron chi connectivity index (χ4n) is 2.55. The summed E-state index contributed by atoms with van der Waals surface area (Å²) < 4.78 is 0. The van der Waals surface area contributed by atoms with Gasteiger partial charge < -0.3 is 0 Å². The molecule has 0 bridgehead atoms. The Kier molecular flexibility index (Phi) is 1.28. The number of rotatable bonds is 0. The summed E-state index contributed by atoms with van der Waals surface area (Å²) in [5.74, 6) is 0. The van der Waals surface area contributed by atoms with E-state index in [2.05, 4.69) is 30.8 Å². The summed E-state index contributed by atoms with van der Waals surface area (Å²) in [5.41, 5.74) is 4.89. The zero-order chi connectivity index (χ0) is 8.89. The number of allylic oxidation sites excluding steroid dienone is 1. The van der Waals surface area contributed by atoms with Gasteiger partial charge in [0.1, 0.15) is 0 Å². The Morgan fingerprint density at radius 1 is 1.08 bits per heavy atom. The molecule has 1 aromatic carbocycles. The van der Waals surface area contributed by atoms with Crippen molar-refractivity contribution < 1.29 is 0 Å². The third-order valence-electron chi connectivity index (χ3n) is 3.71. The van der Waals surface area contributed by atoms with Crippen LogP contribution in [0.1, 0.15) is 30.4 Å². The maximum atomic E-state index is 4.27. The molecule has 0 atom stereocenters. The Bertz CT molecular complexity index is 369. The van der Waals surface area contributed by atoms with Crippen LogP contribution in [-0.2, 0) is 6.42 Å². The van der Waals surface area contributed by atoms with E-state index in [0.29, 0.717) is 5.41 Å². The Balaban J connectivity index is 2.13. The molecule has 1 fully saturated rings. The van der Waals surface area contributed by atoms with Crippen molar-refractivity contribution in [3.63, 3.8) is 0 Å². The Morgan fingerprint density at radius 3 is 2.62 bits per heavy atom. The average molecular weight is 170 g/mol. The summed E-state index contributed by atoms with van der Waals surface area (Å²) in [5, 5.41) is 0. The first-order chi connectivity index (χ1) is 6.32. The molecule has 3 rings (SSSR count). The molecule has 0 aliphatic heterocycles. The zero-order valence-electron chi connectivity index (χ0n) is 7.84. The Labute approximate surface area is 79.3 Å². The minimum Gasteiger partial charge on any atom is -0.0947 e. The summed E-state index contributed by atoms with van der Waals surface area (Å²) in [7, 11) is 0. The van der Waals surface area contributed by atoms with Crippen LogP contribution < -0.4 is 0 Å². The van der Waals surface area contributed by atoms with Crippen molar-refractivity contribution in [3.8, 4) is 0 Å². The summed E-state index contributed by atoms with van der Waals surface area (Å²) in [6, 6.07) is 8.75. The van der Waals surface area contributed by atoms with Crippen LogP contribution >= 0.6 is 0 Å². The van der Waals surface area contributed by atoms with Crippen LogP contribution in [-0.4, -0.2) is 0 Å². The highest BCUT2D eigenvalue weighted by Crippen LogP contribution is 2.60. The Hall–Kier alpha value is -1.04. The minimum absolute atomic E-state index is 0.536. The largest absolute Gasteiger partial charge is 0.0947 e. The number of fused-ring (bicyclic) bond motifs is 1. The average Bonchev–Trinajstić information content (AvgIpc) is 2.94. The lowest BCUT2D eigenvalue weighted by Crippen LogP contribution is -2.12. The van der Waals surface area contributed by atoms with Gasteiger partial charge in [0.25, 0.3) is 0 Å². The zero-order valence-corrected chi connectivity index (χ0v) is 7.84. The van der Waals surface area contributed by atoms with Gasteiger partial charge in [-0.15, -0.1) is 0 Å². The van der Waals surface area contributed by atoms with Crippen LogP contribution in [0.2, 0.25) is 0 Å². The van der Waals surface area contributed by atoms with E-state index in [-0.39, 0.29) is 0 Å². The molecule has 0 aromatic heterocycles. The lowest BCUT2D eigenvalue weighted by molar-refractivity contribution is 0.583. The molecule has 0 radical (unpaired) electrons. The minimum atomic E-state index is 0.536. The van der Waals surface area contributed by atoms with E-state index in [1.807, 2.05) is 0 Å². The monoisotopic (exact) mass is 170 g/mol. The molecular formula is C13H14. The van der Waals surface area contributed by atoms with E-state index in [9.17, 15) is 0 Å². The second-order valence-electron chi connectivity index (χ2n) is 4.42. The van der Waals surface area contributed by atoms with E-state index in [0.717, 1.165) is 0 Å². The first kappa shape index (κ1) is 7.37. The molecule has 1 spiro atoms. The molecule has 2 aliphatic carbocycles. The molecule has 66 valence electrons. The van der Waals surface area contributed by atoms with Crippen molar-refractivity contribution in [1.82, 2.24) is 0 Å². The molecule has 1 aromatic rings. The molecule has 0 heterocycles. The van der Waals surface area contributed by atoms with Crippen LogP contribution in [0, 0.1) is 5.41 Å². The van der Waals surface area contributed by atoms with Crippen molar-refractivity contribution >= 4 is 5.57 Å². The van der Waals surface area contributed by atoms with Gasteiger partial charge in [0, 0.05) is 0 Å². The van der Waals surface area contributed by atoms with Gasteiger partial charge in [-0.25, -0.2) is 0 Å². The molecule has 13 heavy (non-hydrogen) atoms. The molecule has 0 nitrogen and oxygen atoms in total. The molecule has 0 amide bonds. The first-order valence-corrected chi connectivity index (χ1v) is 5.10. The van der Waals surface area contributed by atoms with Crippen molar-refractivity contribution in [3.05, 3.63) is 42.0 Å². The molecular weight excluding hydrogens is 156 g/mol. The van der Waals surface area contributed by atoms with Crippen molar-refractivity contribution in [2.45, 2.75) is 25.7 Å². The van der Waals surface area contributed by atoms with E-state index < -0.39 is 0 Å². The third kappa shape index (κ3) is 0.918. The van der Waals surface area contributed by atoms with E-state index in [4.69, 9.17) is 0 Å². The number of hydrogen-bond acceptors (Lipinski definition) is 0. The van der Waals surface area contributed by atoms with Crippen molar-refractivity contribution in [2.24, 2.45) is 5.41 Å². The van der Waals surface area contributed by atoms with Crippen LogP contribution in [0.15, 0.2) is 30.8 Å². The maximum absolute atomic E-state index is 4.27. The van der Waals surface area contributed by atoms with Crippen LogP contribution in [0.5, 0.6) is 0 Å². The quantitative estimate of drug-likeness (QED) is 0.559. The number of aryl methyl sites for hydroxylation is 1. The maximum Gasteiger partial charge on any atom is -0.00430 e. The fraction of sp³-hybridized carbons (Fsp3) is 0.385. The molecule has 0 unspecified atom stereocenters. The highest BCUT2D eigenvalue weighted by atomic mass is 14.5. The highest BCUT2D eigenvalue weighted by molar-refractivity contribution is 5.74. The van der Waals surface area contributed by atoms with E-state index in [1.165, 1.54) is 42.4 Å². The second kappa shape index (κ2) is 2.25. The normalized spacial score (nSPS) is 22.9. The summed E-state index contributed by atoms with van der Waals surface area (Å²) in [4.78, 5) is 0. The van der Waals surface area contributed by atoms with Gasteiger partial charge in [-0.2, -0.15) is 0 Å². The van der Waals surface area contributed by atoms with Crippen LogP contribution in [0.3, 0.4) is 0 Å². The molecule has 0 heteroatoms. The topological polar surface area (TPSA) is 0 Å². The van der Waals surface area contributed by atoms with Gasteiger partial charge in [0.2, 0.25) is 0 Å². The molecule has 0 saturated heterocycles. The van der Waals surface area contributed by atoms with E-state index in [1.54, 1.807) is 0 Å². The second-order valence-corrected chi connectivity index (χ2v) is 4.42. The SMILES string of the molecule is C=C1c2ccccc2CCC12CC2. The number of benzene rings is 1. The van der Waals surface area contributed by atoms with Crippen molar-refractivity contribution in [1.29, 1.82) is 0 Å². The highest BCUT2D eigenvalue weighted by Gasteiger charge is 2.47. The predicted molar refractivity (Wildman–Crippen MR) is 55.5 cm³/mol. The first-order valence-electron chi connectivity index (χ1n) is 5.10. The van der Waals surface area contributed by atoms with Gasteiger partial charge in [-0.3, -0.25) is 0 Å². The predicted octanol–water partition coefficient (Wildman–Crippen LogP) is 3.43. The molecule has 2 aliphatic rings. The molecule has 1 saturated carbocycles. The molecule has 0 N–H and O–H groups in total. The lowest BCUT2D eigenvalue weighted by atomic mass is 9.78. The van der Waals surface area contributed by atoms with Gasteiger partial charge in [0.05, 0.1) is 0 Å². The fourth-order valence-corrected chi connectivity index (χ4v) is 2.55. The number of hydrogen-bond donors (Lipinski definition) is 0. The summed E-state index contributed by atoms with van der Waals surface area (Å²) in [6.45, 7) is 4.27. The standard InChI is InChI=1S/C13H14/c1-10-12-5-3-2-4-11(12)6-7-13(10)8-9-13/h2-5H,1,6-9H2. The van der Waals surface area contributed by atoms with Gasteiger partial charge >= 0.3 is 0 Å². The van der Waals surface area contributed by atoms with Gasteiger partial charge in [-0.05, 0) is 47.8 Å². The summed E-state index contributed by atoms with van der Waals surface area (Å²) >= 11 is 0. The van der Waals surface area contributed by atoms with Crippen molar-refractivity contribution in [2.75, 3.05) is 0 Å². The van der Waals surface area contributed by atoms with E-state index >= 15 is 0 Å². The third-order valence-corrected chi connectivity index (χ3v) is 3.71. The van der Waals surface area contributed by atoms with Gasteiger partial charge in [0.15, 0.2) is 0 Å². The Morgan fingerprint density at radius 2 is 1.85 bits per heavy atom. The smallest absolute Gasteiger partial charge is 0.00430 e. The van der Waals surface area contributed by atoms with Gasteiger partial charge in [-0.1, -0.05) is 30.8 Å².